The third kappa shape index (κ3) is 3.74. The molecule has 5 heteroatoms. The molecular weight excluding hydrogens is 182 g/mol. The molecule has 0 unspecified atom stereocenters. The lowest BCUT2D eigenvalue weighted by Crippen LogP contribution is -2.35. The fraction of sp³-hybridized carbons (Fsp3) is 0.778. The van der Waals surface area contributed by atoms with Gasteiger partial charge in [-0.1, -0.05) is 0 Å². The van der Waals surface area contributed by atoms with Crippen molar-refractivity contribution in [1.29, 1.82) is 0 Å². The van der Waals surface area contributed by atoms with Gasteiger partial charge in [0.05, 0.1) is 0 Å². The van der Waals surface area contributed by atoms with E-state index in [0.29, 0.717) is 0 Å². The van der Waals surface area contributed by atoms with Gasteiger partial charge >= 0.3 is 6.09 Å². The van der Waals surface area contributed by atoms with E-state index in [9.17, 15) is 4.79 Å². The smallest absolute Gasteiger partial charge is 0.435 e. The van der Waals surface area contributed by atoms with Crippen LogP contribution in [0, 0.1) is 0 Å². The van der Waals surface area contributed by atoms with Crippen molar-refractivity contribution in [3.8, 4) is 0 Å². The van der Waals surface area contributed by atoms with Gasteiger partial charge in [-0.25, -0.2) is 4.79 Å². The Hall–Kier alpha value is -1.10. The van der Waals surface area contributed by atoms with Gasteiger partial charge in [0.15, 0.2) is 0 Å². The monoisotopic (exact) mass is 199 g/mol. The van der Waals surface area contributed by atoms with Gasteiger partial charge in [0.2, 0.25) is 0 Å². The Kier molecular flexibility index (Phi) is 3.88. The molecule has 1 rings (SSSR count). The highest BCUT2D eigenvalue weighted by Gasteiger charge is 2.19. The molecule has 1 saturated heterocycles. The van der Waals surface area contributed by atoms with Gasteiger partial charge < -0.3 is 15.4 Å². The Bertz CT molecular complexity index is 228. The summed E-state index contributed by atoms with van der Waals surface area (Å²) in [6.45, 7) is 3.49. The number of carbonyl (C=O) groups is 1. The van der Waals surface area contributed by atoms with Crippen LogP contribution in [0.2, 0.25) is 0 Å². The number of hydrogen-bond acceptors (Lipinski definition) is 3. The van der Waals surface area contributed by atoms with Gasteiger partial charge in [0, 0.05) is 13.1 Å². The first-order chi connectivity index (χ1) is 6.58. The molecule has 14 heavy (non-hydrogen) atoms. The number of nitrogens with zero attached hydrogens (tertiary/aromatic N) is 2. The predicted molar refractivity (Wildman–Crippen MR) is 54.3 cm³/mol. The van der Waals surface area contributed by atoms with E-state index in [1.165, 1.54) is 0 Å². The standard InChI is InChI=1S/C9H17N3O2/c1-7(10)11-9(13)14-8-3-5-12(2)6-4-8/h8H,3-6H2,1-2H3,(H2,10,11,13). The van der Waals surface area contributed by atoms with E-state index < -0.39 is 6.09 Å². The molecule has 0 aromatic rings. The molecule has 0 radical (unpaired) electrons. The molecule has 0 aromatic carbocycles. The maximum atomic E-state index is 11.1. The number of ether oxygens (including phenoxy) is 1. The first-order valence-electron chi connectivity index (χ1n) is 4.78. The second-order valence-electron chi connectivity index (χ2n) is 3.64. The van der Waals surface area contributed by atoms with Crippen LogP contribution in [0.5, 0.6) is 0 Å². The Balaban J connectivity index is 2.31. The second kappa shape index (κ2) is 4.95. The molecule has 0 bridgehead atoms. The molecule has 5 nitrogen and oxygen atoms in total. The quantitative estimate of drug-likeness (QED) is 0.496. The van der Waals surface area contributed by atoms with Crippen molar-refractivity contribution in [3.05, 3.63) is 0 Å². The van der Waals surface area contributed by atoms with Gasteiger partial charge in [-0.2, -0.15) is 4.99 Å². The summed E-state index contributed by atoms with van der Waals surface area (Å²) in [5.41, 5.74) is 5.26. The van der Waals surface area contributed by atoms with E-state index in [1.807, 2.05) is 0 Å². The molecule has 0 spiro atoms. The molecule has 80 valence electrons. The highest BCUT2D eigenvalue weighted by Crippen LogP contribution is 2.12. The largest absolute Gasteiger partial charge is 0.444 e. The lowest BCUT2D eigenvalue weighted by Gasteiger charge is -2.27. The lowest BCUT2D eigenvalue weighted by molar-refractivity contribution is 0.0636. The minimum Gasteiger partial charge on any atom is -0.444 e. The van der Waals surface area contributed by atoms with E-state index in [0.717, 1.165) is 25.9 Å². The van der Waals surface area contributed by atoms with Crippen molar-refractivity contribution < 1.29 is 9.53 Å². The van der Waals surface area contributed by atoms with Crippen LogP contribution in [-0.2, 0) is 4.74 Å². The maximum Gasteiger partial charge on any atom is 0.435 e. The van der Waals surface area contributed by atoms with Gasteiger partial charge in [-0.15, -0.1) is 0 Å². The van der Waals surface area contributed by atoms with Crippen molar-refractivity contribution >= 4 is 11.9 Å². The average molecular weight is 199 g/mol. The molecule has 1 aliphatic rings. The molecule has 1 amide bonds. The van der Waals surface area contributed by atoms with Crippen LogP contribution in [0.15, 0.2) is 4.99 Å². The molecule has 0 aromatic heterocycles. The number of amidine groups is 1. The molecule has 1 heterocycles. The van der Waals surface area contributed by atoms with E-state index in [2.05, 4.69) is 16.9 Å². The SMILES string of the molecule is C/C(N)=N/C(=O)OC1CCN(C)CC1. The Morgan fingerprint density at radius 3 is 2.57 bits per heavy atom. The van der Waals surface area contributed by atoms with E-state index in [-0.39, 0.29) is 11.9 Å². The van der Waals surface area contributed by atoms with Crippen LogP contribution < -0.4 is 5.73 Å². The first-order valence-corrected chi connectivity index (χ1v) is 4.78. The molecule has 1 fully saturated rings. The van der Waals surface area contributed by atoms with Crippen LogP contribution >= 0.6 is 0 Å². The number of rotatable bonds is 1. The normalized spacial score (nSPS) is 20.9. The maximum absolute atomic E-state index is 11.1. The summed E-state index contributed by atoms with van der Waals surface area (Å²) in [4.78, 5) is 16.8. The fourth-order valence-electron chi connectivity index (χ4n) is 1.42. The predicted octanol–water partition coefficient (Wildman–Crippen LogP) is 0.594. The number of aliphatic imine (C=N–C) groups is 1. The van der Waals surface area contributed by atoms with E-state index in [1.54, 1.807) is 6.92 Å². The molecular formula is C9H17N3O2. The highest BCUT2D eigenvalue weighted by molar-refractivity contribution is 5.88. The van der Waals surface area contributed by atoms with Gasteiger partial charge in [-0.05, 0) is 26.8 Å². The Labute approximate surface area is 83.9 Å². The minimum atomic E-state index is -0.570. The number of hydrogen-bond donors (Lipinski definition) is 1. The summed E-state index contributed by atoms with van der Waals surface area (Å²) in [5.74, 6) is 0.239. The second-order valence-corrected chi connectivity index (χ2v) is 3.64. The molecule has 0 atom stereocenters. The van der Waals surface area contributed by atoms with Crippen molar-refractivity contribution in [2.24, 2.45) is 10.7 Å². The van der Waals surface area contributed by atoms with Gasteiger partial charge in [-0.3, -0.25) is 0 Å². The number of amides is 1. The van der Waals surface area contributed by atoms with Crippen molar-refractivity contribution in [1.82, 2.24) is 4.90 Å². The first kappa shape index (κ1) is 11.0. The van der Waals surface area contributed by atoms with Crippen LogP contribution in [0.1, 0.15) is 19.8 Å². The Morgan fingerprint density at radius 2 is 2.07 bits per heavy atom. The van der Waals surface area contributed by atoms with Gasteiger partial charge in [0.1, 0.15) is 11.9 Å². The lowest BCUT2D eigenvalue weighted by atomic mass is 10.1. The average Bonchev–Trinajstić information content (AvgIpc) is 2.07. The highest BCUT2D eigenvalue weighted by atomic mass is 16.6. The summed E-state index contributed by atoms with van der Waals surface area (Å²) in [6.07, 6.45) is 1.18. The third-order valence-corrected chi connectivity index (χ3v) is 2.20. The van der Waals surface area contributed by atoms with Crippen LogP contribution in [0.25, 0.3) is 0 Å². The summed E-state index contributed by atoms with van der Waals surface area (Å²) in [7, 11) is 2.06. The summed E-state index contributed by atoms with van der Waals surface area (Å²) in [5, 5.41) is 0. The zero-order valence-electron chi connectivity index (χ0n) is 8.69. The van der Waals surface area contributed by atoms with E-state index >= 15 is 0 Å². The summed E-state index contributed by atoms with van der Waals surface area (Å²) >= 11 is 0. The van der Waals surface area contributed by atoms with Crippen LogP contribution in [-0.4, -0.2) is 43.1 Å². The van der Waals surface area contributed by atoms with Crippen molar-refractivity contribution in [2.45, 2.75) is 25.9 Å². The zero-order valence-corrected chi connectivity index (χ0v) is 8.69. The summed E-state index contributed by atoms with van der Waals surface area (Å²) < 4.78 is 5.12. The zero-order chi connectivity index (χ0) is 10.6. The Morgan fingerprint density at radius 1 is 1.50 bits per heavy atom. The fourth-order valence-corrected chi connectivity index (χ4v) is 1.42. The number of nitrogens with two attached hydrogens (primary N) is 1. The number of likely N-dealkylation sites (tertiary alicyclic amines) is 1. The van der Waals surface area contributed by atoms with Crippen molar-refractivity contribution in [3.63, 3.8) is 0 Å². The third-order valence-electron chi connectivity index (χ3n) is 2.20. The van der Waals surface area contributed by atoms with E-state index in [4.69, 9.17) is 10.5 Å². The van der Waals surface area contributed by atoms with Crippen LogP contribution in [0.4, 0.5) is 4.79 Å². The molecule has 0 saturated carbocycles. The molecule has 2 N–H and O–H groups in total. The number of piperidine rings is 1. The van der Waals surface area contributed by atoms with Crippen molar-refractivity contribution in [2.75, 3.05) is 20.1 Å². The number of carbonyl (C=O) groups excluding carboxylic acids is 1. The van der Waals surface area contributed by atoms with Gasteiger partial charge in [0.25, 0.3) is 0 Å². The topological polar surface area (TPSA) is 67.9 Å². The van der Waals surface area contributed by atoms with Crippen LogP contribution in [0.3, 0.4) is 0 Å². The summed E-state index contributed by atoms with van der Waals surface area (Å²) in [6, 6.07) is 0. The molecule has 1 aliphatic heterocycles. The molecule has 0 aliphatic carbocycles. The minimum absolute atomic E-state index is 0.00167.